The molecule has 1 saturated heterocycles. The highest BCUT2D eigenvalue weighted by Gasteiger charge is 2.29. The second kappa shape index (κ2) is 9.45. The molecular formula is C23H28N2O4S. The first-order valence-electron chi connectivity index (χ1n) is 10.1. The topological polar surface area (TPSA) is 75.7 Å². The number of nitrogens with one attached hydrogen (secondary N) is 1. The van der Waals surface area contributed by atoms with Crippen molar-refractivity contribution in [2.45, 2.75) is 38.0 Å². The maximum absolute atomic E-state index is 13.1. The van der Waals surface area contributed by atoms with Crippen molar-refractivity contribution in [2.75, 3.05) is 25.5 Å². The highest BCUT2D eigenvalue weighted by atomic mass is 32.2. The Kier molecular flexibility index (Phi) is 6.95. The molecule has 30 heavy (non-hydrogen) atoms. The van der Waals surface area contributed by atoms with E-state index in [-0.39, 0.29) is 10.8 Å². The van der Waals surface area contributed by atoms with Gasteiger partial charge in [-0.25, -0.2) is 8.42 Å². The fourth-order valence-electron chi connectivity index (χ4n) is 3.46. The van der Waals surface area contributed by atoms with Crippen molar-refractivity contribution in [1.29, 1.82) is 0 Å². The molecule has 0 bridgehead atoms. The van der Waals surface area contributed by atoms with Crippen LogP contribution in [0.25, 0.3) is 6.08 Å². The van der Waals surface area contributed by atoms with Crippen LogP contribution in [-0.2, 0) is 14.8 Å². The lowest BCUT2D eigenvalue weighted by molar-refractivity contribution is -0.111. The molecule has 1 N–H and O–H groups in total. The van der Waals surface area contributed by atoms with Crippen LogP contribution in [-0.4, -0.2) is 38.8 Å². The van der Waals surface area contributed by atoms with E-state index in [9.17, 15) is 13.2 Å². The molecule has 6 nitrogen and oxygen atoms in total. The van der Waals surface area contributed by atoms with Crippen LogP contribution in [0.3, 0.4) is 0 Å². The number of carbonyl (C=O) groups excluding carboxylic acids is 1. The van der Waals surface area contributed by atoms with Crippen molar-refractivity contribution in [3.05, 3.63) is 59.2 Å². The molecule has 0 aliphatic carbocycles. The Balaban J connectivity index is 1.82. The predicted molar refractivity (Wildman–Crippen MR) is 119 cm³/mol. The maximum atomic E-state index is 13.1. The summed E-state index contributed by atoms with van der Waals surface area (Å²) in [5.41, 5.74) is 3.40. The molecule has 0 saturated carbocycles. The van der Waals surface area contributed by atoms with Gasteiger partial charge in [-0.1, -0.05) is 24.6 Å². The highest BCUT2D eigenvalue weighted by Crippen LogP contribution is 2.30. The van der Waals surface area contributed by atoms with Gasteiger partial charge in [-0.05, 0) is 67.7 Å². The molecule has 0 spiro atoms. The number of piperidine rings is 1. The van der Waals surface area contributed by atoms with Crippen LogP contribution in [0.5, 0.6) is 5.75 Å². The van der Waals surface area contributed by atoms with Crippen LogP contribution in [0, 0.1) is 13.8 Å². The lowest BCUT2D eigenvalue weighted by Crippen LogP contribution is -2.35. The van der Waals surface area contributed by atoms with Gasteiger partial charge in [-0.2, -0.15) is 4.31 Å². The quantitative estimate of drug-likeness (QED) is 0.702. The number of benzene rings is 2. The first-order chi connectivity index (χ1) is 14.3. The number of amides is 1. The third-order valence-corrected chi connectivity index (χ3v) is 7.12. The molecular weight excluding hydrogens is 400 g/mol. The minimum absolute atomic E-state index is 0.129. The van der Waals surface area contributed by atoms with Crippen LogP contribution in [0.2, 0.25) is 0 Å². The molecule has 7 heteroatoms. The minimum Gasteiger partial charge on any atom is -0.495 e. The van der Waals surface area contributed by atoms with Gasteiger partial charge in [-0.3, -0.25) is 4.79 Å². The Labute approximate surface area is 178 Å². The molecule has 1 fully saturated rings. The summed E-state index contributed by atoms with van der Waals surface area (Å²) in [5.74, 6) is 0.0255. The lowest BCUT2D eigenvalue weighted by atomic mass is 10.1. The maximum Gasteiger partial charge on any atom is 0.248 e. The Morgan fingerprint density at radius 3 is 2.50 bits per heavy atom. The zero-order valence-electron chi connectivity index (χ0n) is 17.6. The molecule has 1 amide bonds. The summed E-state index contributed by atoms with van der Waals surface area (Å²) in [6.45, 7) is 4.93. The van der Waals surface area contributed by atoms with E-state index in [4.69, 9.17) is 4.74 Å². The molecule has 0 radical (unpaired) electrons. The van der Waals surface area contributed by atoms with Crippen molar-refractivity contribution < 1.29 is 17.9 Å². The molecule has 1 aliphatic rings. The molecule has 1 heterocycles. The molecule has 0 aromatic heterocycles. The second-order valence-corrected chi connectivity index (χ2v) is 9.42. The fourth-order valence-corrected chi connectivity index (χ4v) is 5.17. The van der Waals surface area contributed by atoms with Gasteiger partial charge >= 0.3 is 0 Å². The van der Waals surface area contributed by atoms with Gasteiger partial charge in [0.15, 0.2) is 0 Å². The summed E-state index contributed by atoms with van der Waals surface area (Å²) in [7, 11) is -2.19. The van der Waals surface area contributed by atoms with Gasteiger partial charge in [-0.15, -0.1) is 0 Å². The van der Waals surface area contributed by atoms with Crippen molar-refractivity contribution >= 4 is 27.7 Å². The largest absolute Gasteiger partial charge is 0.495 e. The number of rotatable bonds is 6. The van der Waals surface area contributed by atoms with Crippen LogP contribution < -0.4 is 10.1 Å². The summed E-state index contributed by atoms with van der Waals surface area (Å²) in [6, 6.07) is 10.8. The Bertz CT molecular complexity index is 1050. The summed E-state index contributed by atoms with van der Waals surface area (Å²) < 4.78 is 33.0. The number of sulfonamides is 1. The van der Waals surface area contributed by atoms with Crippen LogP contribution >= 0.6 is 0 Å². The van der Waals surface area contributed by atoms with E-state index in [1.165, 1.54) is 17.5 Å². The average Bonchev–Trinajstić information content (AvgIpc) is 2.75. The van der Waals surface area contributed by atoms with Gasteiger partial charge < -0.3 is 10.1 Å². The first kappa shape index (κ1) is 22.1. The summed E-state index contributed by atoms with van der Waals surface area (Å²) >= 11 is 0. The zero-order valence-corrected chi connectivity index (χ0v) is 18.5. The second-order valence-electron chi connectivity index (χ2n) is 7.52. The van der Waals surface area contributed by atoms with Gasteiger partial charge in [0.2, 0.25) is 15.9 Å². The molecule has 1 aliphatic heterocycles. The fraction of sp³-hybridized carbons (Fsp3) is 0.348. The van der Waals surface area contributed by atoms with Gasteiger partial charge in [0.1, 0.15) is 10.6 Å². The number of hydrogen-bond acceptors (Lipinski definition) is 4. The zero-order chi connectivity index (χ0) is 21.7. The SMILES string of the molecule is COc1ccc(/C=C/C(=O)Nc2cc(C)ccc2C)cc1S(=O)(=O)N1CCCCC1. The van der Waals surface area contributed by atoms with Crippen molar-refractivity contribution in [1.82, 2.24) is 4.31 Å². The number of anilines is 1. The lowest BCUT2D eigenvalue weighted by Gasteiger charge is -2.26. The summed E-state index contributed by atoms with van der Waals surface area (Å²) in [4.78, 5) is 12.5. The van der Waals surface area contributed by atoms with E-state index in [1.54, 1.807) is 24.3 Å². The van der Waals surface area contributed by atoms with Crippen molar-refractivity contribution in [3.8, 4) is 5.75 Å². The summed E-state index contributed by atoms with van der Waals surface area (Å²) in [5, 5.41) is 2.86. The molecule has 2 aromatic rings. The van der Waals surface area contributed by atoms with Crippen molar-refractivity contribution in [2.24, 2.45) is 0 Å². The number of ether oxygens (including phenoxy) is 1. The van der Waals surface area contributed by atoms with Gasteiger partial charge in [0.05, 0.1) is 7.11 Å². The van der Waals surface area contributed by atoms with E-state index < -0.39 is 10.0 Å². The predicted octanol–water partition coefficient (Wildman–Crippen LogP) is 4.14. The Morgan fingerprint density at radius 1 is 1.07 bits per heavy atom. The smallest absolute Gasteiger partial charge is 0.248 e. The third kappa shape index (κ3) is 5.09. The van der Waals surface area contributed by atoms with Crippen LogP contribution in [0.15, 0.2) is 47.4 Å². The normalized spacial score (nSPS) is 15.3. The highest BCUT2D eigenvalue weighted by molar-refractivity contribution is 7.89. The third-order valence-electron chi connectivity index (χ3n) is 5.20. The van der Waals surface area contributed by atoms with E-state index in [1.807, 2.05) is 32.0 Å². The number of carbonyl (C=O) groups is 1. The molecule has 0 unspecified atom stereocenters. The van der Waals surface area contributed by atoms with E-state index in [0.717, 1.165) is 36.1 Å². The van der Waals surface area contributed by atoms with Crippen molar-refractivity contribution in [3.63, 3.8) is 0 Å². The first-order valence-corrected chi connectivity index (χ1v) is 11.5. The molecule has 2 aromatic carbocycles. The molecule has 0 atom stereocenters. The van der Waals surface area contributed by atoms with E-state index in [2.05, 4.69) is 5.32 Å². The number of nitrogens with zero attached hydrogens (tertiary/aromatic N) is 1. The van der Waals surface area contributed by atoms with Crippen LogP contribution in [0.4, 0.5) is 5.69 Å². The monoisotopic (exact) mass is 428 g/mol. The summed E-state index contributed by atoms with van der Waals surface area (Å²) in [6.07, 6.45) is 5.77. The Hall–Kier alpha value is -2.64. The average molecular weight is 429 g/mol. The Morgan fingerprint density at radius 2 is 1.80 bits per heavy atom. The number of hydrogen-bond donors (Lipinski definition) is 1. The molecule has 3 rings (SSSR count). The van der Waals surface area contributed by atoms with Gasteiger partial charge in [0.25, 0.3) is 0 Å². The van der Waals surface area contributed by atoms with Gasteiger partial charge in [0, 0.05) is 24.9 Å². The number of aryl methyl sites for hydroxylation is 2. The minimum atomic E-state index is -3.65. The van der Waals surface area contributed by atoms with E-state index in [0.29, 0.717) is 24.4 Å². The standard InChI is InChI=1S/C23H28N2O4S/c1-17-7-8-18(2)20(15-17)24-23(26)12-10-19-9-11-21(29-3)22(16-19)30(27,28)25-13-5-4-6-14-25/h7-12,15-16H,4-6,13-14H2,1-3H3,(H,24,26)/b12-10+. The molecule has 160 valence electrons. The van der Waals surface area contributed by atoms with Crippen LogP contribution in [0.1, 0.15) is 36.0 Å². The van der Waals surface area contributed by atoms with E-state index >= 15 is 0 Å². The number of methoxy groups -OCH3 is 1.